The Hall–Kier alpha value is -1.26. The minimum Gasteiger partial charge on any atom is -0.373 e. The monoisotopic (exact) mass is 311 g/mol. The molecule has 0 atom stereocenters. The highest BCUT2D eigenvalue weighted by Crippen LogP contribution is 2.27. The van der Waals surface area contributed by atoms with Crippen LogP contribution in [0.3, 0.4) is 0 Å². The first kappa shape index (κ1) is 12.2. The van der Waals surface area contributed by atoms with E-state index in [9.17, 15) is 0 Å². The van der Waals surface area contributed by atoms with Gasteiger partial charge >= 0.3 is 0 Å². The van der Waals surface area contributed by atoms with Gasteiger partial charge < -0.3 is 10.6 Å². The molecule has 0 unspecified atom stereocenters. The van der Waals surface area contributed by atoms with Crippen molar-refractivity contribution in [1.82, 2.24) is 4.98 Å². The molecule has 1 aromatic heterocycles. The van der Waals surface area contributed by atoms with Crippen LogP contribution in [0, 0.1) is 0 Å². The third-order valence-electron chi connectivity index (χ3n) is 2.20. The summed E-state index contributed by atoms with van der Waals surface area (Å²) >= 11 is 9.31. The molecular formula is C12H11BrClN3. The maximum atomic E-state index is 5.93. The molecule has 0 saturated carbocycles. The van der Waals surface area contributed by atoms with Crippen LogP contribution in [0.15, 0.2) is 40.9 Å². The molecule has 2 rings (SSSR count). The van der Waals surface area contributed by atoms with Crippen LogP contribution in [0.1, 0.15) is 0 Å². The maximum absolute atomic E-state index is 5.93. The molecule has 0 aliphatic heterocycles. The third kappa shape index (κ3) is 3.11. The number of pyridine rings is 1. The lowest BCUT2D eigenvalue weighted by atomic mass is 10.3. The summed E-state index contributed by atoms with van der Waals surface area (Å²) in [7, 11) is 1.84. The van der Waals surface area contributed by atoms with Crippen molar-refractivity contribution >= 4 is 44.9 Å². The van der Waals surface area contributed by atoms with Gasteiger partial charge in [0.15, 0.2) is 0 Å². The maximum Gasteiger partial charge on any atom is 0.132 e. The zero-order chi connectivity index (χ0) is 12.3. The van der Waals surface area contributed by atoms with Crippen molar-refractivity contribution in [3.8, 4) is 0 Å². The van der Waals surface area contributed by atoms with Gasteiger partial charge in [-0.1, -0.05) is 17.7 Å². The summed E-state index contributed by atoms with van der Waals surface area (Å²) in [5.74, 6) is 1.61. The number of rotatable bonds is 3. The van der Waals surface area contributed by atoms with Crippen molar-refractivity contribution in [3.05, 3.63) is 45.9 Å². The van der Waals surface area contributed by atoms with Crippen LogP contribution in [-0.4, -0.2) is 12.0 Å². The fraction of sp³-hybridized carbons (Fsp3) is 0.0833. The molecule has 17 heavy (non-hydrogen) atoms. The van der Waals surface area contributed by atoms with Gasteiger partial charge in [0, 0.05) is 17.2 Å². The van der Waals surface area contributed by atoms with Crippen LogP contribution in [0.5, 0.6) is 0 Å². The van der Waals surface area contributed by atoms with Gasteiger partial charge in [-0.05, 0) is 46.3 Å². The zero-order valence-electron chi connectivity index (χ0n) is 9.17. The molecule has 2 aromatic rings. The molecule has 0 aliphatic rings. The van der Waals surface area contributed by atoms with Crippen LogP contribution in [0.2, 0.25) is 5.02 Å². The number of aromatic nitrogens is 1. The number of anilines is 3. The standard InChI is InChI=1S/C12H11BrClN3/c1-15-11-3-2-4-12(17-11)16-8-5-6-10(14)9(13)7-8/h2-7H,1H3,(H2,15,16,17). The molecule has 0 amide bonds. The van der Waals surface area contributed by atoms with Gasteiger partial charge in [-0.25, -0.2) is 4.98 Å². The van der Waals surface area contributed by atoms with Crippen molar-refractivity contribution < 1.29 is 0 Å². The first-order valence-electron chi connectivity index (χ1n) is 5.06. The van der Waals surface area contributed by atoms with E-state index in [0.29, 0.717) is 5.02 Å². The predicted molar refractivity (Wildman–Crippen MR) is 76.2 cm³/mol. The van der Waals surface area contributed by atoms with Gasteiger partial charge in [0.2, 0.25) is 0 Å². The molecule has 3 nitrogen and oxygen atoms in total. The van der Waals surface area contributed by atoms with Crippen molar-refractivity contribution in [1.29, 1.82) is 0 Å². The lowest BCUT2D eigenvalue weighted by Crippen LogP contribution is -1.97. The molecule has 0 saturated heterocycles. The van der Waals surface area contributed by atoms with Crippen LogP contribution >= 0.6 is 27.5 Å². The molecule has 1 heterocycles. The second-order valence-electron chi connectivity index (χ2n) is 3.41. The highest BCUT2D eigenvalue weighted by atomic mass is 79.9. The summed E-state index contributed by atoms with van der Waals surface area (Å²) in [5.41, 5.74) is 0.932. The Labute approximate surface area is 113 Å². The van der Waals surface area contributed by atoms with Crippen molar-refractivity contribution in [2.24, 2.45) is 0 Å². The van der Waals surface area contributed by atoms with Crippen molar-refractivity contribution in [3.63, 3.8) is 0 Å². The van der Waals surface area contributed by atoms with E-state index >= 15 is 0 Å². The number of nitrogens with zero attached hydrogens (tertiary/aromatic N) is 1. The van der Waals surface area contributed by atoms with Crippen LogP contribution in [0.25, 0.3) is 0 Å². The molecule has 2 N–H and O–H groups in total. The van der Waals surface area contributed by atoms with E-state index in [1.54, 1.807) is 0 Å². The fourth-order valence-corrected chi connectivity index (χ4v) is 1.86. The van der Waals surface area contributed by atoms with Crippen LogP contribution in [0.4, 0.5) is 17.3 Å². The molecule has 1 aromatic carbocycles. The first-order valence-corrected chi connectivity index (χ1v) is 6.23. The largest absolute Gasteiger partial charge is 0.373 e. The first-order chi connectivity index (χ1) is 8.19. The Morgan fingerprint density at radius 2 is 1.94 bits per heavy atom. The van der Waals surface area contributed by atoms with Gasteiger partial charge in [0.1, 0.15) is 11.6 Å². The smallest absolute Gasteiger partial charge is 0.132 e. The summed E-state index contributed by atoms with van der Waals surface area (Å²) in [6.07, 6.45) is 0. The van der Waals surface area contributed by atoms with E-state index < -0.39 is 0 Å². The molecular weight excluding hydrogens is 302 g/mol. The average molecular weight is 313 g/mol. The third-order valence-corrected chi connectivity index (χ3v) is 3.41. The van der Waals surface area contributed by atoms with Gasteiger partial charge in [-0.15, -0.1) is 0 Å². The van der Waals surface area contributed by atoms with Gasteiger partial charge in [-0.2, -0.15) is 0 Å². The summed E-state index contributed by atoms with van der Waals surface area (Å²) < 4.78 is 0.855. The van der Waals surface area contributed by atoms with E-state index in [1.165, 1.54) is 0 Å². The second kappa shape index (κ2) is 5.38. The van der Waals surface area contributed by atoms with Gasteiger partial charge in [0.05, 0.1) is 5.02 Å². The summed E-state index contributed by atoms with van der Waals surface area (Å²) in [6.45, 7) is 0. The Morgan fingerprint density at radius 1 is 1.18 bits per heavy atom. The Kier molecular flexibility index (Phi) is 3.86. The van der Waals surface area contributed by atoms with Crippen LogP contribution in [-0.2, 0) is 0 Å². The molecule has 0 fully saturated rings. The van der Waals surface area contributed by atoms with E-state index in [1.807, 2.05) is 43.4 Å². The SMILES string of the molecule is CNc1cccc(Nc2ccc(Cl)c(Br)c2)n1. The molecule has 0 spiro atoms. The van der Waals surface area contributed by atoms with E-state index in [-0.39, 0.29) is 0 Å². The Bertz CT molecular complexity index is 531. The average Bonchev–Trinajstić information content (AvgIpc) is 2.34. The van der Waals surface area contributed by atoms with Crippen molar-refractivity contribution in [2.75, 3.05) is 17.7 Å². The topological polar surface area (TPSA) is 37.0 Å². The lowest BCUT2D eigenvalue weighted by Gasteiger charge is -2.08. The number of hydrogen-bond donors (Lipinski definition) is 2. The number of halogens is 2. The summed E-state index contributed by atoms with van der Waals surface area (Å²) in [4.78, 5) is 4.37. The molecule has 5 heteroatoms. The van der Waals surface area contributed by atoms with Gasteiger partial charge in [-0.3, -0.25) is 0 Å². The van der Waals surface area contributed by atoms with E-state index in [2.05, 4.69) is 31.5 Å². The van der Waals surface area contributed by atoms with Crippen LogP contribution < -0.4 is 10.6 Å². The predicted octanol–water partition coefficient (Wildman–Crippen LogP) is 4.28. The lowest BCUT2D eigenvalue weighted by molar-refractivity contribution is 1.27. The Balaban J connectivity index is 2.22. The van der Waals surface area contributed by atoms with E-state index in [0.717, 1.165) is 21.8 Å². The quantitative estimate of drug-likeness (QED) is 0.888. The van der Waals surface area contributed by atoms with E-state index in [4.69, 9.17) is 11.6 Å². The second-order valence-corrected chi connectivity index (χ2v) is 4.67. The minimum absolute atomic E-state index is 0.687. The number of nitrogens with one attached hydrogen (secondary N) is 2. The molecule has 0 aliphatic carbocycles. The highest BCUT2D eigenvalue weighted by molar-refractivity contribution is 9.10. The number of benzene rings is 1. The summed E-state index contributed by atoms with van der Waals surface area (Å²) in [5, 5.41) is 6.89. The number of hydrogen-bond acceptors (Lipinski definition) is 3. The highest BCUT2D eigenvalue weighted by Gasteiger charge is 2.00. The zero-order valence-corrected chi connectivity index (χ0v) is 11.5. The molecule has 0 radical (unpaired) electrons. The Morgan fingerprint density at radius 3 is 2.65 bits per heavy atom. The molecule has 0 bridgehead atoms. The van der Waals surface area contributed by atoms with Gasteiger partial charge in [0.25, 0.3) is 0 Å². The molecule has 88 valence electrons. The minimum atomic E-state index is 0.687. The fourth-order valence-electron chi connectivity index (χ4n) is 1.37. The van der Waals surface area contributed by atoms with Crippen molar-refractivity contribution in [2.45, 2.75) is 0 Å². The summed E-state index contributed by atoms with van der Waals surface area (Å²) in [6, 6.07) is 11.4. The normalized spacial score (nSPS) is 10.1.